The summed E-state index contributed by atoms with van der Waals surface area (Å²) in [5.41, 5.74) is 2.52. The van der Waals surface area contributed by atoms with Crippen LogP contribution in [0.15, 0.2) is 103 Å². The molecule has 6 nitrogen and oxygen atoms in total. The van der Waals surface area contributed by atoms with Crippen molar-refractivity contribution in [2.75, 3.05) is 13.2 Å². The van der Waals surface area contributed by atoms with Gasteiger partial charge >= 0.3 is 13.6 Å². The van der Waals surface area contributed by atoms with Gasteiger partial charge in [-0.1, -0.05) is 89.9 Å². The fourth-order valence-electron chi connectivity index (χ4n) is 3.65. The summed E-state index contributed by atoms with van der Waals surface area (Å²) >= 11 is 14.9. The van der Waals surface area contributed by atoms with Gasteiger partial charge in [0.15, 0.2) is 0 Å². The Bertz CT molecular complexity index is 1510. The molecule has 2 unspecified atom stereocenters. The van der Waals surface area contributed by atoms with Crippen LogP contribution >= 0.6 is 59.6 Å². The van der Waals surface area contributed by atoms with E-state index in [1.54, 1.807) is 55.5 Å². The second kappa shape index (κ2) is 16.3. The van der Waals surface area contributed by atoms with E-state index in [0.717, 1.165) is 39.5 Å². The average molecular weight is 684 g/mol. The lowest BCUT2D eigenvalue weighted by atomic mass is 10.1. The molecule has 0 amide bonds. The first-order valence-corrected chi connectivity index (χ1v) is 20.1. The van der Waals surface area contributed by atoms with Crippen molar-refractivity contribution in [2.45, 2.75) is 24.9 Å². The van der Waals surface area contributed by atoms with E-state index in [-0.39, 0.29) is 13.2 Å². The predicted molar refractivity (Wildman–Crippen MR) is 176 cm³/mol. The molecule has 42 heavy (non-hydrogen) atoms. The first-order chi connectivity index (χ1) is 20.3. The first kappa shape index (κ1) is 33.0. The lowest BCUT2D eigenvalue weighted by Gasteiger charge is -2.19. The number of benzene rings is 4. The molecule has 12 heteroatoms. The Hall–Kier alpha value is -1.86. The highest BCUT2D eigenvalue weighted by atomic mass is 35.5. The zero-order valence-corrected chi connectivity index (χ0v) is 27.7. The normalized spacial score (nSPS) is 14.1. The summed E-state index contributed by atoms with van der Waals surface area (Å²) in [7, 11) is 0. The second-order valence-corrected chi connectivity index (χ2v) is 17.6. The highest BCUT2D eigenvalue weighted by Crippen LogP contribution is 2.62. The molecule has 4 aromatic rings. The summed E-state index contributed by atoms with van der Waals surface area (Å²) < 4.78 is 50.2. The van der Waals surface area contributed by atoms with Crippen LogP contribution in [0, 0.1) is 0 Å². The van der Waals surface area contributed by atoms with Gasteiger partial charge in [0.25, 0.3) is 0 Å². The van der Waals surface area contributed by atoms with Crippen LogP contribution in [-0.2, 0) is 36.1 Å². The molecule has 4 aromatic carbocycles. The highest BCUT2D eigenvalue weighted by Gasteiger charge is 2.29. The monoisotopic (exact) mass is 682 g/mol. The van der Waals surface area contributed by atoms with Crippen LogP contribution < -0.4 is 9.05 Å². The van der Waals surface area contributed by atoms with E-state index in [2.05, 4.69) is 0 Å². The third-order valence-electron chi connectivity index (χ3n) is 5.67. The minimum Gasteiger partial charge on any atom is -0.417 e. The molecule has 0 bridgehead atoms. The Morgan fingerprint density at radius 2 is 1.19 bits per heavy atom. The fraction of sp³-hybridized carbons (Fsp3) is 0.200. The molecule has 0 saturated heterocycles. The third-order valence-corrected chi connectivity index (χ3v) is 13.6. The van der Waals surface area contributed by atoms with Gasteiger partial charge in [-0.2, -0.15) is 0 Å². The van der Waals surface area contributed by atoms with Crippen LogP contribution in [0.4, 0.5) is 0 Å². The maximum atomic E-state index is 13.8. The summed E-state index contributed by atoms with van der Waals surface area (Å²) in [4.78, 5) is 0. The molecule has 0 fully saturated rings. The molecule has 4 rings (SSSR count). The summed E-state index contributed by atoms with van der Waals surface area (Å²) in [6.07, 6.45) is 0.393. The Labute approximate surface area is 265 Å². The van der Waals surface area contributed by atoms with Crippen LogP contribution in [0.1, 0.15) is 23.6 Å². The van der Waals surface area contributed by atoms with E-state index in [0.29, 0.717) is 39.5 Å². The molecule has 0 aromatic heterocycles. The van der Waals surface area contributed by atoms with Crippen molar-refractivity contribution in [3.05, 3.63) is 130 Å². The lowest BCUT2D eigenvalue weighted by Crippen LogP contribution is -2.02. The molecular formula is C30H30Cl2O6P2S2. The predicted octanol–water partition coefficient (Wildman–Crippen LogP) is 11.1. The minimum absolute atomic E-state index is 0.114. The van der Waals surface area contributed by atoms with Gasteiger partial charge in [0, 0.05) is 21.6 Å². The molecular weight excluding hydrogens is 653 g/mol. The maximum absolute atomic E-state index is 13.8. The summed E-state index contributed by atoms with van der Waals surface area (Å²) in [5.74, 6) is 1.65. The molecule has 0 aliphatic carbocycles. The Morgan fingerprint density at radius 1 is 0.643 bits per heavy atom. The minimum atomic E-state index is -3.59. The molecule has 0 radical (unpaired) electrons. The van der Waals surface area contributed by atoms with Gasteiger partial charge in [0.2, 0.25) is 0 Å². The molecule has 0 N–H and O–H groups in total. The molecule has 0 aliphatic heterocycles. The Balaban J connectivity index is 1.40. The van der Waals surface area contributed by atoms with Crippen LogP contribution in [0.3, 0.4) is 0 Å². The van der Waals surface area contributed by atoms with E-state index < -0.39 is 13.6 Å². The smallest absolute Gasteiger partial charge is 0.417 e. The van der Waals surface area contributed by atoms with Crippen LogP contribution in [0.25, 0.3) is 0 Å². The number of rotatable bonds is 16. The SMILES string of the molecule is CCOP(=O)(Oc1ccccc1)SCc1cccc(CCOP(=O)(Oc2ccccc2)SCc2ccc(Cl)cc2)c1Cl. The number of hydrogen-bond acceptors (Lipinski definition) is 8. The molecule has 0 saturated carbocycles. The van der Waals surface area contributed by atoms with Crippen molar-refractivity contribution in [3.63, 3.8) is 0 Å². The van der Waals surface area contributed by atoms with Crippen LogP contribution in [-0.4, -0.2) is 13.2 Å². The average Bonchev–Trinajstić information content (AvgIpc) is 2.98. The van der Waals surface area contributed by atoms with Crippen LogP contribution in [0.2, 0.25) is 10.0 Å². The molecule has 0 spiro atoms. The zero-order valence-electron chi connectivity index (χ0n) is 22.8. The van der Waals surface area contributed by atoms with Crippen molar-refractivity contribution in [2.24, 2.45) is 0 Å². The Morgan fingerprint density at radius 3 is 1.79 bits per heavy atom. The van der Waals surface area contributed by atoms with E-state index >= 15 is 0 Å². The van der Waals surface area contributed by atoms with Crippen molar-refractivity contribution >= 4 is 59.6 Å². The summed E-state index contributed by atoms with van der Waals surface area (Å²) in [5, 5.41) is 1.15. The van der Waals surface area contributed by atoms with Gasteiger partial charge < -0.3 is 9.05 Å². The number of para-hydroxylation sites is 2. The summed E-state index contributed by atoms with van der Waals surface area (Å²) in [6.45, 7) is -4.96. The van der Waals surface area contributed by atoms with Gasteiger partial charge in [-0.05, 0) is 89.2 Å². The van der Waals surface area contributed by atoms with Crippen molar-refractivity contribution in [1.82, 2.24) is 0 Å². The topological polar surface area (TPSA) is 71.1 Å². The van der Waals surface area contributed by atoms with E-state index in [1.165, 1.54) is 0 Å². The van der Waals surface area contributed by atoms with Crippen molar-refractivity contribution in [1.29, 1.82) is 0 Å². The summed E-state index contributed by atoms with van der Waals surface area (Å²) in [6, 6.07) is 30.8. The molecule has 222 valence electrons. The van der Waals surface area contributed by atoms with Gasteiger partial charge in [0.1, 0.15) is 11.5 Å². The third kappa shape index (κ3) is 10.4. The first-order valence-electron chi connectivity index (χ1n) is 13.1. The number of hydrogen-bond donors (Lipinski definition) is 0. The van der Waals surface area contributed by atoms with E-state index in [9.17, 15) is 9.13 Å². The lowest BCUT2D eigenvalue weighted by molar-refractivity contribution is 0.283. The van der Waals surface area contributed by atoms with E-state index in [4.69, 9.17) is 41.3 Å². The van der Waals surface area contributed by atoms with Gasteiger partial charge in [-0.3, -0.25) is 9.05 Å². The number of halogens is 2. The van der Waals surface area contributed by atoms with Gasteiger partial charge in [-0.15, -0.1) is 0 Å². The van der Waals surface area contributed by atoms with Crippen molar-refractivity contribution < 1.29 is 27.2 Å². The zero-order chi connectivity index (χ0) is 29.8. The highest BCUT2D eigenvalue weighted by molar-refractivity contribution is 8.55. The molecule has 0 heterocycles. The molecule has 0 aliphatic rings. The molecule has 2 atom stereocenters. The maximum Gasteiger partial charge on any atom is 0.440 e. The standard InChI is InChI=1S/C30H30Cl2O6P2S2/c1-2-35-39(33,37-28-12-5-3-6-13-28)42-23-26-11-9-10-25(30(26)32)20-21-36-40(34,38-29-14-7-4-8-15-29)41-22-24-16-18-27(31)19-17-24/h3-19H,2,20-23H2,1H3. The largest absolute Gasteiger partial charge is 0.440 e. The quantitative estimate of drug-likeness (QED) is 0.108. The van der Waals surface area contributed by atoms with Gasteiger partial charge in [-0.25, -0.2) is 9.13 Å². The second-order valence-electron chi connectivity index (χ2n) is 8.77. The van der Waals surface area contributed by atoms with E-state index in [1.807, 2.05) is 54.6 Å². The van der Waals surface area contributed by atoms with Gasteiger partial charge in [0.05, 0.1) is 13.2 Å². The Kier molecular flexibility index (Phi) is 12.8. The fourth-order valence-corrected chi connectivity index (χ4v) is 10.6. The van der Waals surface area contributed by atoms with Crippen molar-refractivity contribution in [3.8, 4) is 11.5 Å². The van der Waals surface area contributed by atoms with Crippen LogP contribution in [0.5, 0.6) is 11.5 Å².